The summed E-state index contributed by atoms with van der Waals surface area (Å²) in [6.07, 6.45) is 34.2. The third-order valence-electron chi connectivity index (χ3n) is 13.6. The third kappa shape index (κ3) is 51.9. The van der Waals surface area contributed by atoms with Gasteiger partial charge in [-0.1, -0.05) is 234 Å². The molecule has 0 saturated carbocycles. The molecule has 0 aliphatic heterocycles. The number of aliphatic hydroxyl groups is 1. The summed E-state index contributed by atoms with van der Waals surface area (Å²) in [5.41, 5.74) is 0. The number of carbonyl (C=O) groups excluding carboxylic acids is 4. The van der Waals surface area contributed by atoms with Gasteiger partial charge in [0.1, 0.15) is 19.3 Å². The lowest BCUT2D eigenvalue weighted by atomic mass is 9.99. The summed E-state index contributed by atoms with van der Waals surface area (Å²) in [6.45, 7) is 7.00. The fourth-order valence-electron chi connectivity index (χ4n) is 8.49. The van der Waals surface area contributed by atoms with Crippen molar-refractivity contribution in [2.75, 3.05) is 39.6 Å². The first-order valence-corrected chi connectivity index (χ1v) is 33.7. The Hall–Kier alpha value is -1.94. The number of ether oxygens (including phenoxy) is 4. The van der Waals surface area contributed by atoms with Gasteiger partial charge in [0.25, 0.3) is 0 Å². The van der Waals surface area contributed by atoms with Crippen LogP contribution in [0.15, 0.2) is 0 Å². The van der Waals surface area contributed by atoms with Gasteiger partial charge in [0.05, 0.1) is 26.4 Å². The van der Waals surface area contributed by atoms with Gasteiger partial charge in [0.2, 0.25) is 0 Å². The highest BCUT2D eigenvalue weighted by Crippen LogP contribution is 2.45. The molecule has 17 nitrogen and oxygen atoms in total. The Balaban J connectivity index is 5.06. The Morgan fingerprint density at radius 2 is 0.623 bits per heavy atom. The molecular weight excluding hydrogens is 1030 g/mol. The quantitative estimate of drug-likeness (QED) is 0.0222. The van der Waals surface area contributed by atoms with Gasteiger partial charge in [0.15, 0.2) is 12.2 Å². The highest BCUT2D eigenvalue weighted by Gasteiger charge is 2.30. The molecule has 0 aliphatic carbocycles. The number of unbranched alkanes of at least 4 members (excludes halogenated alkanes) is 29. The van der Waals surface area contributed by atoms with Crippen LogP contribution in [0.1, 0.15) is 285 Å². The van der Waals surface area contributed by atoms with Gasteiger partial charge in [-0.25, -0.2) is 9.13 Å². The Bertz CT molecular complexity index is 1520. The molecule has 0 radical (unpaired) electrons. The van der Waals surface area contributed by atoms with Crippen LogP contribution in [0.5, 0.6) is 0 Å². The van der Waals surface area contributed by atoms with E-state index < -0.39 is 97.5 Å². The molecule has 0 aromatic heterocycles. The summed E-state index contributed by atoms with van der Waals surface area (Å²) in [7, 11) is -9.85. The molecule has 3 unspecified atom stereocenters. The Morgan fingerprint density at radius 1 is 0.364 bits per heavy atom. The SMILES string of the molecule is CCCCCCCCCCCC(=O)OC[C@H](COP(=O)(O)OC[C@@H](O)COP(=O)(O)OC[C@@H](COC(=O)CCCCCCC)OC(=O)CCCCCCC)OC(=O)CCCCCCCCCCCCCCCCC(C)CC. The van der Waals surface area contributed by atoms with Crippen molar-refractivity contribution in [3.8, 4) is 0 Å². The first-order valence-electron chi connectivity index (χ1n) is 30.7. The van der Waals surface area contributed by atoms with Crippen molar-refractivity contribution in [2.24, 2.45) is 5.92 Å². The maximum atomic E-state index is 12.9. The minimum Gasteiger partial charge on any atom is -0.462 e. The molecule has 3 N–H and O–H groups in total. The zero-order chi connectivity index (χ0) is 57.1. The number of aliphatic hydroxyl groups excluding tert-OH is 1. The zero-order valence-corrected chi connectivity index (χ0v) is 50.9. The monoisotopic (exact) mass is 1140 g/mol. The lowest BCUT2D eigenvalue weighted by molar-refractivity contribution is -0.161. The summed E-state index contributed by atoms with van der Waals surface area (Å²) < 4.78 is 67.3. The molecule has 0 aromatic carbocycles. The molecule has 0 fully saturated rings. The fraction of sp³-hybridized carbons (Fsp3) is 0.931. The number of carbonyl (C=O) groups is 4. The maximum Gasteiger partial charge on any atom is 0.472 e. The molecule has 0 spiro atoms. The first-order chi connectivity index (χ1) is 37.1. The van der Waals surface area contributed by atoms with E-state index in [0.717, 1.165) is 102 Å². The predicted molar refractivity (Wildman–Crippen MR) is 303 cm³/mol. The molecule has 0 heterocycles. The summed E-state index contributed by atoms with van der Waals surface area (Å²) in [6, 6.07) is 0. The van der Waals surface area contributed by atoms with Crippen LogP contribution in [-0.4, -0.2) is 96.7 Å². The second-order valence-electron chi connectivity index (χ2n) is 21.3. The van der Waals surface area contributed by atoms with Gasteiger partial charge in [0, 0.05) is 25.7 Å². The van der Waals surface area contributed by atoms with E-state index in [0.29, 0.717) is 25.7 Å². The molecular formula is C58H112O17P2. The van der Waals surface area contributed by atoms with Gasteiger partial charge in [-0.15, -0.1) is 0 Å². The molecule has 456 valence electrons. The summed E-state index contributed by atoms with van der Waals surface area (Å²) >= 11 is 0. The topological polar surface area (TPSA) is 237 Å². The van der Waals surface area contributed by atoms with Gasteiger partial charge >= 0.3 is 39.5 Å². The van der Waals surface area contributed by atoms with E-state index in [1.807, 2.05) is 0 Å². The summed E-state index contributed by atoms with van der Waals surface area (Å²) in [4.78, 5) is 71.3. The van der Waals surface area contributed by atoms with E-state index in [1.54, 1.807) is 0 Å². The van der Waals surface area contributed by atoms with Crippen molar-refractivity contribution in [3.63, 3.8) is 0 Å². The minimum absolute atomic E-state index is 0.0988. The normalized spacial score (nSPS) is 14.8. The van der Waals surface area contributed by atoms with Crippen molar-refractivity contribution < 1.29 is 80.2 Å². The van der Waals surface area contributed by atoms with E-state index >= 15 is 0 Å². The van der Waals surface area contributed by atoms with Crippen molar-refractivity contribution in [1.29, 1.82) is 0 Å². The van der Waals surface area contributed by atoms with Crippen LogP contribution in [0.3, 0.4) is 0 Å². The highest BCUT2D eigenvalue weighted by molar-refractivity contribution is 7.47. The standard InChI is InChI=1S/C58H112O17P2/c1-6-10-13-16-17-24-28-33-37-42-56(61)69-48-54(75-58(63)44-39-34-29-26-23-21-19-18-20-22-25-27-32-35-40-51(5)9-4)50-73-77(66,67)71-46-52(59)45-70-76(64,65)72-49-53(74-57(62)43-38-31-15-12-8-3)47-68-55(60)41-36-30-14-11-7-2/h51-54,59H,6-50H2,1-5H3,(H,64,65)(H,66,67)/t51?,52-,53+,54+/m0/s1. The minimum atomic E-state index is -4.93. The zero-order valence-electron chi connectivity index (χ0n) is 49.1. The first kappa shape index (κ1) is 75.1. The largest absolute Gasteiger partial charge is 0.472 e. The van der Waals surface area contributed by atoms with Crippen molar-refractivity contribution in [3.05, 3.63) is 0 Å². The van der Waals surface area contributed by atoms with Crippen LogP contribution >= 0.6 is 15.6 Å². The van der Waals surface area contributed by atoms with Crippen LogP contribution < -0.4 is 0 Å². The molecule has 0 aromatic rings. The number of hydrogen-bond donors (Lipinski definition) is 3. The van der Waals surface area contributed by atoms with Crippen molar-refractivity contribution in [1.82, 2.24) is 0 Å². The van der Waals surface area contributed by atoms with Gasteiger partial charge in [-0.3, -0.25) is 37.3 Å². The second kappa shape index (κ2) is 52.2. The molecule has 0 amide bonds. The van der Waals surface area contributed by atoms with Gasteiger partial charge < -0.3 is 33.8 Å². The second-order valence-corrected chi connectivity index (χ2v) is 24.2. The van der Waals surface area contributed by atoms with Crippen LogP contribution in [0, 0.1) is 5.92 Å². The number of phosphoric acid groups is 2. The molecule has 6 atom stereocenters. The van der Waals surface area contributed by atoms with Gasteiger partial charge in [-0.05, 0) is 31.6 Å². The van der Waals surface area contributed by atoms with E-state index in [-0.39, 0.29) is 25.7 Å². The number of rotatable bonds is 58. The van der Waals surface area contributed by atoms with Crippen LogP contribution in [0.2, 0.25) is 0 Å². The van der Waals surface area contributed by atoms with Crippen molar-refractivity contribution >= 4 is 39.5 Å². The maximum absolute atomic E-state index is 12.9. The predicted octanol–water partition coefficient (Wildman–Crippen LogP) is 15.5. The Kier molecular flexibility index (Phi) is 50.8. The van der Waals surface area contributed by atoms with Crippen LogP contribution in [0.25, 0.3) is 0 Å². The molecule has 0 rings (SSSR count). The molecule has 0 aliphatic rings. The van der Waals surface area contributed by atoms with E-state index in [9.17, 15) is 43.2 Å². The smallest absolute Gasteiger partial charge is 0.462 e. The Morgan fingerprint density at radius 3 is 0.922 bits per heavy atom. The lowest BCUT2D eigenvalue weighted by Crippen LogP contribution is -2.30. The average molecular weight is 1140 g/mol. The van der Waals surface area contributed by atoms with Crippen LogP contribution in [0.4, 0.5) is 0 Å². The van der Waals surface area contributed by atoms with Gasteiger partial charge in [-0.2, -0.15) is 0 Å². The molecule has 77 heavy (non-hydrogen) atoms. The number of esters is 4. The molecule has 0 bridgehead atoms. The third-order valence-corrected chi connectivity index (χ3v) is 15.5. The summed E-state index contributed by atoms with van der Waals surface area (Å²) in [5, 5.41) is 10.4. The van der Waals surface area contributed by atoms with Crippen molar-refractivity contribution in [2.45, 2.75) is 303 Å². The highest BCUT2D eigenvalue weighted by atomic mass is 31.2. The van der Waals surface area contributed by atoms with Crippen LogP contribution in [-0.2, 0) is 65.4 Å². The van der Waals surface area contributed by atoms with E-state index in [2.05, 4.69) is 34.6 Å². The fourth-order valence-corrected chi connectivity index (χ4v) is 10.1. The van der Waals surface area contributed by atoms with E-state index in [4.69, 9.17) is 37.0 Å². The lowest BCUT2D eigenvalue weighted by Gasteiger charge is -2.21. The summed E-state index contributed by atoms with van der Waals surface area (Å²) in [5.74, 6) is -1.32. The number of phosphoric ester groups is 2. The van der Waals surface area contributed by atoms with E-state index in [1.165, 1.54) is 103 Å². The molecule has 0 saturated heterocycles. The average Bonchev–Trinajstić information content (AvgIpc) is 3.40. The molecule has 19 heteroatoms. The number of hydrogen-bond acceptors (Lipinski definition) is 15. The Labute approximate surface area is 467 Å².